The van der Waals surface area contributed by atoms with Gasteiger partial charge < -0.3 is 15.6 Å². The SMILES string of the molecule is CC1CN(CC(O)CN)CC(C)(C)O1. The lowest BCUT2D eigenvalue weighted by Gasteiger charge is -2.42. The van der Waals surface area contributed by atoms with Crippen LogP contribution in [0.5, 0.6) is 0 Å². The van der Waals surface area contributed by atoms with Gasteiger partial charge in [-0.1, -0.05) is 0 Å². The number of ether oxygens (including phenoxy) is 1. The van der Waals surface area contributed by atoms with Crippen molar-refractivity contribution in [1.29, 1.82) is 0 Å². The van der Waals surface area contributed by atoms with E-state index in [-0.39, 0.29) is 11.7 Å². The second-order valence-electron chi connectivity index (χ2n) is 4.77. The number of rotatable bonds is 3. The predicted octanol–water partition coefficient (Wildman–Crippen LogP) is -0.195. The maximum Gasteiger partial charge on any atom is 0.0789 e. The van der Waals surface area contributed by atoms with Gasteiger partial charge in [0.2, 0.25) is 0 Å². The molecule has 1 aliphatic heterocycles. The van der Waals surface area contributed by atoms with Crippen LogP contribution in [0.1, 0.15) is 20.8 Å². The van der Waals surface area contributed by atoms with E-state index in [0.717, 1.165) is 13.1 Å². The van der Waals surface area contributed by atoms with Gasteiger partial charge in [0.15, 0.2) is 0 Å². The van der Waals surface area contributed by atoms with Gasteiger partial charge in [0.05, 0.1) is 17.8 Å². The number of aliphatic hydroxyl groups excluding tert-OH is 1. The van der Waals surface area contributed by atoms with Crippen LogP contribution in [0.15, 0.2) is 0 Å². The highest BCUT2D eigenvalue weighted by Crippen LogP contribution is 2.20. The minimum Gasteiger partial charge on any atom is -0.390 e. The summed E-state index contributed by atoms with van der Waals surface area (Å²) in [4.78, 5) is 2.21. The summed E-state index contributed by atoms with van der Waals surface area (Å²) in [6, 6.07) is 0. The van der Waals surface area contributed by atoms with Crippen LogP contribution in [-0.4, -0.2) is 54.0 Å². The number of hydrogen-bond acceptors (Lipinski definition) is 4. The average molecular weight is 202 g/mol. The zero-order chi connectivity index (χ0) is 10.8. The van der Waals surface area contributed by atoms with Crippen LogP contribution >= 0.6 is 0 Å². The van der Waals surface area contributed by atoms with E-state index in [0.29, 0.717) is 13.1 Å². The first-order chi connectivity index (χ1) is 6.43. The summed E-state index contributed by atoms with van der Waals surface area (Å²) >= 11 is 0. The molecule has 0 saturated carbocycles. The van der Waals surface area contributed by atoms with E-state index in [9.17, 15) is 5.11 Å². The van der Waals surface area contributed by atoms with Gasteiger partial charge in [-0.15, -0.1) is 0 Å². The maximum absolute atomic E-state index is 9.46. The van der Waals surface area contributed by atoms with Crippen molar-refractivity contribution in [3.8, 4) is 0 Å². The van der Waals surface area contributed by atoms with Gasteiger partial charge in [0.25, 0.3) is 0 Å². The molecule has 1 saturated heterocycles. The van der Waals surface area contributed by atoms with E-state index in [2.05, 4.69) is 25.7 Å². The van der Waals surface area contributed by atoms with Crippen molar-refractivity contribution in [2.75, 3.05) is 26.2 Å². The zero-order valence-corrected chi connectivity index (χ0v) is 9.36. The number of morpholine rings is 1. The molecule has 1 fully saturated rings. The Balaban J connectivity index is 2.45. The molecule has 14 heavy (non-hydrogen) atoms. The van der Waals surface area contributed by atoms with E-state index < -0.39 is 6.10 Å². The Kier molecular flexibility index (Phi) is 3.89. The topological polar surface area (TPSA) is 58.7 Å². The zero-order valence-electron chi connectivity index (χ0n) is 9.36. The summed E-state index contributed by atoms with van der Waals surface area (Å²) in [6.07, 6.45) is -0.195. The Morgan fingerprint density at radius 3 is 2.79 bits per heavy atom. The molecule has 4 nitrogen and oxygen atoms in total. The first-order valence-corrected chi connectivity index (χ1v) is 5.21. The van der Waals surface area contributed by atoms with Gasteiger partial charge in [0, 0.05) is 26.2 Å². The molecule has 0 spiro atoms. The van der Waals surface area contributed by atoms with Crippen molar-refractivity contribution in [2.45, 2.75) is 38.6 Å². The fourth-order valence-electron chi connectivity index (χ4n) is 2.10. The van der Waals surface area contributed by atoms with Gasteiger partial charge >= 0.3 is 0 Å². The lowest BCUT2D eigenvalue weighted by atomic mass is 10.1. The van der Waals surface area contributed by atoms with Crippen molar-refractivity contribution >= 4 is 0 Å². The van der Waals surface area contributed by atoms with E-state index in [1.165, 1.54) is 0 Å². The van der Waals surface area contributed by atoms with Gasteiger partial charge in [-0.3, -0.25) is 4.90 Å². The number of nitrogens with zero attached hydrogens (tertiary/aromatic N) is 1. The molecule has 1 rings (SSSR count). The van der Waals surface area contributed by atoms with Crippen LogP contribution < -0.4 is 5.73 Å². The minimum atomic E-state index is -0.420. The third-order valence-electron chi connectivity index (χ3n) is 2.38. The van der Waals surface area contributed by atoms with Crippen LogP contribution in [0, 0.1) is 0 Å². The molecule has 0 aromatic rings. The van der Waals surface area contributed by atoms with Crippen molar-refractivity contribution < 1.29 is 9.84 Å². The molecule has 4 heteroatoms. The highest BCUT2D eigenvalue weighted by atomic mass is 16.5. The molecule has 2 unspecified atom stereocenters. The van der Waals surface area contributed by atoms with Gasteiger partial charge in [-0.2, -0.15) is 0 Å². The highest BCUT2D eigenvalue weighted by molar-refractivity contribution is 4.83. The van der Waals surface area contributed by atoms with Crippen LogP contribution in [0.4, 0.5) is 0 Å². The molecule has 0 aromatic carbocycles. The number of β-amino-alcohol motifs (C(OH)–C–C–N with tert-alkyl or cyclic N) is 1. The van der Waals surface area contributed by atoms with Crippen LogP contribution in [-0.2, 0) is 4.74 Å². The summed E-state index contributed by atoms with van der Waals surface area (Å²) in [5, 5.41) is 9.46. The average Bonchev–Trinajstić information content (AvgIpc) is 1.99. The molecule has 0 bridgehead atoms. The molecule has 1 heterocycles. The van der Waals surface area contributed by atoms with Crippen LogP contribution in [0.2, 0.25) is 0 Å². The Morgan fingerprint density at radius 1 is 1.64 bits per heavy atom. The fourth-order valence-corrected chi connectivity index (χ4v) is 2.10. The molecule has 2 atom stereocenters. The minimum absolute atomic E-state index is 0.119. The maximum atomic E-state index is 9.46. The molecule has 3 N–H and O–H groups in total. The monoisotopic (exact) mass is 202 g/mol. The highest BCUT2D eigenvalue weighted by Gasteiger charge is 2.31. The number of aliphatic hydroxyl groups is 1. The van der Waals surface area contributed by atoms with Crippen molar-refractivity contribution in [1.82, 2.24) is 4.90 Å². The summed E-state index contributed by atoms with van der Waals surface area (Å²) in [6.45, 7) is 8.91. The summed E-state index contributed by atoms with van der Waals surface area (Å²) < 4.78 is 5.76. The molecule has 0 aliphatic carbocycles. The first kappa shape index (κ1) is 11.9. The largest absolute Gasteiger partial charge is 0.390 e. The lowest BCUT2D eigenvalue weighted by molar-refractivity contribution is -0.133. The molecule has 0 radical (unpaired) electrons. The first-order valence-electron chi connectivity index (χ1n) is 5.21. The second-order valence-corrected chi connectivity index (χ2v) is 4.77. The van der Waals surface area contributed by atoms with Crippen LogP contribution in [0.3, 0.4) is 0 Å². The summed E-state index contributed by atoms with van der Waals surface area (Å²) in [5.41, 5.74) is 5.26. The lowest BCUT2D eigenvalue weighted by Crippen LogP contribution is -2.54. The number of nitrogens with two attached hydrogens (primary N) is 1. The van der Waals surface area contributed by atoms with E-state index >= 15 is 0 Å². The second kappa shape index (κ2) is 4.57. The standard InChI is InChI=1S/C10H22N2O2/c1-8-5-12(6-9(13)4-11)7-10(2,3)14-8/h8-9,13H,4-7,11H2,1-3H3. The molecular weight excluding hydrogens is 180 g/mol. The van der Waals surface area contributed by atoms with E-state index in [4.69, 9.17) is 10.5 Å². The van der Waals surface area contributed by atoms with Crippen molar-refractivity contribution in [3.05, 3.63) is 0 Å². The quantitative estimate of drug-likeness (QED) is 0.666. The summed E-state index contributed by atoms with van der Waals surface area (Å²) in [5.74, 6) is 0. The van der Waals surface area contributed by atoms with Crippen molar-refractivity contribution in [2.24, 2.45) is 5.73 Å². The van der Waals surface area contributed by atoms with Crippen LogP contribution in [0.25, 0.3) is 0 Å². The van der Waals surface area contributed by atoms with Crippen molar-refractivity contribution in [3.63, 3.8) is 0 Å². The molecular formula is C10H22N2O2. The Labute approximate surface area is 86.0 Å². The normalized spacial score (nSPS) is 30.2. The summed E-state index contributed by atoms with van der Waals surface area (Å²) in [7, 11) is 0. The smallest absolute Gasteiger partial charge is 0.0789 e. The Bertz CT molecular complexity index is 185. The molecule has 1 aliphatic rings. The Hall–Kier alpha value is -0.160. The Morgan fingerprint density at radius 2 is 2.29 bits per heavy atom. The van der Waals surface area contributed by atoms with E-state index in [1.54, 1.807) is 0 Å². The third kappa shape index (κ3) is 3.53. The molecule has 0 aromatic heterocycles. The van der Waals surface area contributed by atoms with Gasteiger partial charge in [-0.25, -0.2) is 0 Å². The van der Waals surface area contributed by atoms with Gasteiger partial charge in [-0.05, 0) is 20.8 Å². The number of hydrogen-bond donors (Lipinski definition) is 2. The van der Waals surface area contributed by atoms with E-state index in [1.807, 2.05) is 0 Å². The predicted molar refractivity (Wildman–Crippen MR) is 56.1 cm³/mol. The fraction of sp³-hybridized carbons (Fsp3) is 1.00. The van der Waals surface area contributed by atoms with Gasteiger partial charge in [0.1, 0.15) is 0 Å². The molecule has 84 valence electrons. The molecule has 0 amide bonds. The third-order valence-corrected chi connectivity index (χ3v) is 2.38.